The summed E-state index contributed by atoms with van der Waals surface area (Å²) in [5, 5.41) is 0. The van der Waals surface area contributed by atoms with E-state index in [2.05, 4.69) is 56.2 Å². The maximum Gasteiger partial charge on any atom is 0.0113 e. The fourth-order valence-corrected chi connectivity index (χ4v) is 2.25. The molecule has 0 bridgehead atoms. The lowest BCUT2D eigenvalue weighted by Gasteiger charge is -2.31. The van der Waals surface area contributed by atoms with Gasteiger partial charge in [0.1, 0.15) is 0 Å². The molecule has 0 rings (SSSR count). The van der Waals surface area contributed by atoms with E-state index in [1.165, 1.54) is 52.4 Å². The van der Waals surface area contributed by atoms with Crippen LogP contribution in [0.25, 0.3) is 0 Å². The fraction of sp³-hybridized carbons (Fsp3) is 1.00. The molecule has 0 fully saturated rings. The Morgan fingerprint density at radius 1 is 0.611 bits per heavy atom. The molecule has 0 aromatic heterocycles. The molecule has 0 heterocycles. The summed E-state index contributed by atoms with van der Waals surface area (Å²) in [6.07, 6.45) is 0. The molecule has 0 radical (unpaired) electrons. The summed E-state index contributed by atoms with van der Waals surface area (Å²) in [5.74, 6) is 0. The Kier molecular flexibility index (Phi) is 10.7. The van der Waals surface area contributed by atoms with Gasteiger partial charge in [0.15, 0.2) is 0 Å². The Hall–Kier alpha value is -0.120. The van der Waals surface area contributed by atoms with Crippen molar-refractivity contribution in [3.8, 4) is 0 Å². The van der Waals surface area contributed by atoms with E-state index in [0.717, 1.165) is 0 Å². The summed E-state index contributed by atoms with van der Waals surface area (Å²) in [4.78, 5) is 7.62. The molecule has 0 amide bonds. The van der Waals surface area contributed by atoms with Crippen LogP contribution in [0.1, 0.15) is 41.5 Å². The van der Waals surface area contributed by atoms with Crippen LogP contribution in [0.15, 0.2) is 0 Å². The first-order valence-corrected chi connectivity index (χ1v) is 7.77. The summed E-state index contributed by atoms with van der Waals surface area (Å²) < 4.78 is 0. The van der Waals surface area contributed by atoms with E-state index in [-0.39, 0.29) is 0 Å². The van der Waals surface area contributed by atoms with Gasteiger partial charge < -0.3 is 9.80 Å². The third kappa shape index (κ3) is 7.34. The van der Waals surface area contributed by atoms with Crippen LogP contribution in [0.4, 0.5) is 0 Å². The molecule has 110 valence electrons. The molecular formula is C15H35N3. The largest absolute Gasteiger partial charge is 0.303 e. The molecule has 0 atom stereocenters. The zero-order chi connectivity index (χ0) is 14.0. The Morgan fingerprint density at radius 2 is 0.944 bits per heavy atom. The smallest absolute Gasteiger partial charge is 0.0113 e. The van der Waals surface area contributed by atoms with Crippen molar-refractivity contribution in [3.63, 3.8) is 0 Å². The van der Waals surface area contributed by atoms with Crippen molar-refractivity contribution in [2.24, 2.45) is 0 Å². The maximum absolute atomic E-state index is 2.61. The summed E-state index contributed by atoms with van der Waals surface area (Å²) in [7, 11) is 0. The van der Waals surface area contributed by atoms with Crippen molar-refractivity contribution in [2.75, 3.05) is 52.4 Å². The van der Waals surface area contributed by atoms with Gasteiger partial charge in [0.05, 0.1) is 0 Å². The molecule has 3 heteroatoms. The molecule has 18 heavy (non-hydrogen) atoms. The topological polar surface area (TPSA) is 9.72 Å². The molecule has 0 aliphatic carbocycles. The van der Waals surface area contributed by atoms with Gasteiger partial charge in [-0.2, -0.15) is 0 Å². The lowest BCUT2D eigenvalue weighted by molar-refractivity contribution is 0.158. The van der Waals surface area contributed by atoms with Crippen LogP contribution < -0.4 is 0 Å². The Bertz CT molecular complexity index is 159. The quantitative estimate of drug-likeness (QED) is 0.563. The van der Waals surface area contributed by atoms with E-state index in [4.69, 9.17) is 0 Å². The molecule has 0 saturated heterocycles. The Morgan fingerprint density at radius 3 is 1.17 bits per heavy atom. The first kappa shape index (κ1) is 17.9. The van der Waals surface area contributed by atoms with Crippen LogP contribution in [0.3, 0.4) is 0 Å². The van der Waals surface area contributed by atoms with E-state index in [1.54, 1.807) is 0 Å². The third-order valence-electron chi connectivity index (χ3n) is 3.93. The second-order valence-electron chi connectivity index (χ2n) is 5.18. The lowest BCUT2D eigenvalue weighted by Crippen LogP contribution is -2.42. The van der Waals surface area contributed by atoms with E-state index in [0.29, 0.717) is 6.04 Å². The highest BCUT2D eigenvalue weighted by atomic mass is 15.2. The maximum atomic E-state index is 2.61. The van der Waals surface area contributed by atoms with Gasteiger partial charge in [0.25, 0.3) is 0 Å². The van der Waals surface area contributed by atoms with Crippen molar-refractivity contribution < 1.29 is 0 Å². The van der Waals surface area contributed by atoms with Gasteiger partial charge in [-0.05, 0) is 40.0 Å². The second kappa shape index (κ2) is 10.8. The van der Waals surface area contributed by atoms with Crippen molar-refractivity contribution in [1.29, 1.82) is 0 Å². The fourth-order valence-electron chi connectivity index (χ4n) is 2.25. The molecule has 0 saturated carbocycles. The Labute approximate surface area is 115 Å². The van der Waals surface area contributed by atoms with Crippen molar-refractivity contribution >= 4 is 0 Å². The van der Waals surface area contributed by atoms with Crippen molar-refractivity contribution in [1.82, 2.24) is 14.7 Å². The number of likely N-dealkylation sites (N-methyl/N-ethyl adjacent to an activating group) is 2. The highest BCUT2D eigenvalue weighted by molar-refractivity contribution is 4.68. The average Bonchev–Trinajstić information content (AvgIpc) is 2.37. The van der Waals surface area contributed by atoms with Crippen molar-refractivity contribution in [2.45, 2.75) is 47.6 Å². The standard InChI is InChI=1S/C15H35N3/c1-7-16(8-2)11-13-18(15(5)6)14-12-17(9-3)10-4/h15H,7-14H2,1-6H3. The monoisotopic (exact) mass is 257 g/mol. The van der Waals surface area contributed by atoms with Gasteiger partial charge >= 0.3 is 0 Å². The molecule has 0 spiro atoms. The zero-order valence-electron chi connectivity index (χ0n) is 13.6. The molecule has 3 nitrogen and oxygen atoms in total. The third-order valence-corrected chi connectivity index (χ3v) is 3.93. The molecule has 0 aromatic carbocycles. The minimum absolute atomic E-state index is 0.649. The van der Waals surface area contributed by atoms with Gasteiger partial charge in [-0.3, -0.25) is 4.90 Å². The number of nitrogens with zero attached hydrogens (tertiary/aromatic N) is 3. The minimum Gasteiger partial charge on any atom is -0.303 e. The average molecular weight is 257 g/mol. The van der Waals surface area contributed by atoms with E-state index in [9.17, 15) is 0 Å². The highest BCUT2D eigenvalue weighted by Gasteiger charge is 2.11. The highest BCUT2D eigenvalue weighted by Crippen LogP contribution is 2.00. The molecule has 0 N–H and O–H groups in total. The number of hydrogen-bond acceptors (Lipinski definition) is 3. The van der Waals surface area contributed by atoms with Crippen molar-refractivity contribution in [3.05, 3.63) is 0 Å². The number of rotatable bonds is 11. The van der Waals surface area contributed by atoms with E-state index >= 15 is 0 Å². The summed E-state index contributed by atoms with van der Waals surface area (Å²) in [6.45, 7) is 23.1. The molecular weight excluding hydrogens is 222 g/mol. The van der Waals surface area contributed by atoms with Crippen LogP contribution in [-0.2, 0) is 0 Å². The van der Waals surface area contributed by atoms with Gasteiger partial charge in [-0.1, -0.05) is 27.7 Å². The van der Waals surface area contributed by atoms with E-state index < -0.39 is 0 Å². The second-order valence-corrected chi connectivity index (χ2v) is 5.18. The lowest BCUT2D eigenvalue weighted by atomic mass is 10.3. The van der Waals surface area contributed by atoms with Crippen LogP contribution >= 0.6 is 0 Å². The molecule has 0 aliphatic rings. The zero-order valence-corrected chi connectivity index (χ0v) is 13.6. The van der Waals surface area contributed by atoms with E-state index in [1.807, 2.05) is 0 Å². The molecule has 0 aromatic rings. The van der Waals surface area contributed by atoms with Crippen LogP contribution in [0, 0.1) is 0 Å². The normalized spacial score (nSPS) is 12.3. The predicted octanol–water partition coefficient (Wildman–Crippen LogP) is 2.38. The van der Waals surface area contributed by atoms with Gasteiger partial charge in [0, 0.05) is 32.2 Å². The van der Waals surface area contributed by atoms with Crippen LogP contribution in [0.2, 0.25) is 0 Å². The number of hydrogen-bond donors (Lipinski definition) is 0. The first-order chi connectivity index (χ1) is 8.58. The first-order valence-electron chi connectivity index (χ1n) is 7.77. The van der Waals surface area contributed by atoms with Gasteiger partial charge in [-0.25, -0.2) is 0 Å². The molecule has 0 aliphatic heterocycles. The molecule has 0 unspecified atom stereocenters. The summed E-state index contributed by atoms with van der Waals surface area (Å²) in [6, 6.07) is 0.649. The SMILES string of the molecule is CCN(CC)CCN(CCN(CC)CC)C(C)C. The van der Waals surface area contributed by atoms with Crippen LogP contribution in [0.5, 0.6) is 0 Å². The van der Waals surface area contributed by atoms with Gasteiger partial charge in [-0.15, -0.1) is 0 Å². The summed E-state index contributed by atoms with van der Waals surface area (Å²) >= 11 is 0. The van der Waals surface area contributed by atoms with Crippen LogP contribution in [-0.4, -0.2) is 73.1 Å². The summed E-state index contributed by atoms with van der Waals surface area (Å²) in [5.41, 5.74) is 0. The minimum atomic E-state index is 0.649. The predicted molar refractivity (Wildman–Crippen MR) is 82.3 cm³/mol. The van der Waals surface area contributed by atoms with Gasteiger partial charge in [0.2, 0.25) is 0 Å². The Balaban J connectivity index is 4.06.